The smallest absolute Gasteiger partial charge is 0.326 e. The van der Waals surface area contributed by atoms with E-state index in [1.54, 1.807) is 0 Å². The van der Waals surface area contributed by atoms with Crippen molar-refractivity contribution in [1.82, 2.24) is 10.2 Å². The van der Waals surface area contributed by atoms with Crippen LogP contribution in [0.3, 0.4) is 0 Å². The van der Waals surface area contributed by atoms with E-state index in [9.17, 15) is 14.4 Å². The summed E-state index contributed by atoms with van der Waals surface area (Å²) in [5.74, 6) is -2.57. The highest BCUT2D eigenvalue weighted by Gasteiger charge is 2.34. The first-order chi connectivity index (χ1) is 7.07. The van der Waals surface area contributed by atoms with Gasteiger partial charge in [-0.2, -0.15) is 0 Å². The van der Waals surface area contributed by atoms with Gasteiger partial charge >= 0.3 is 17.8 Å². The highest BCUT2D eigenvalue weighted by molar-refractivity contribution is 6.35. The zero-order valence-electron chi connectivity index (χ0n) is 8.52. The number of aliphatic carboxylic acids is 1. The molecule has 0 aromatic rings. The molecule has 1 aliphatic heterocycles. The molecular formula is C9H14N2O4. The Labute approximate surface area is 87.2 Å². The fourth-order valence-electron chi connectivity index (χ4n) is 1.67. The van der Waals surface area contributed by atoms with Gasteiger partial charge in [-0.05, 0) is 19.3 Å². The Bertz CT molecular complexity index is 290. The summed E-state index contributed by atoms with van der Waals surface area (Å²) in [6.07, 6.45) is 1.93. The number of carboxylic acids is 1. The number of rotatable bonds is 1. The molecule has 0 aromatic carbocycles. The number of likely N-dealkylation sites (N-methyl/N-ethyl adjacent to an activating group) is 1. The van der Waals surface area contributed by atoms with Gasteiger partial charge in [0, 0.05) is 13.6 Å². The molecule has 1 unspecified atom stereocenters. The van der Waals surface area contributed by atoms with Crippen molar-refractivity contribution in [1.29, 1.82) is 0 Å². The van der Waals surface area contributed by atoms with Gasteiger partial charge in [-0.1, -0.05) is 0 Å². The molecule has 6 heteroatoms. The van der Waals surface area contributed by atoms with Gasteiger partial charge in [-0.15, -0.1) is 0 Å². The van der Waals surface area contributed by atoms with Crippen LogP contribution in [-0.4, -0.2) is 47.4 Å². The van der Waals surface area contributed by atoms with Crippen molar-refractivity contribution in [2.45, 2.75) is 25.3 Å². The summed E-state index contributed by atoms with van der Waals surface area (Å²) in [6, 6.07) is -0.858. The van der Waals surface area contributed by atoms with Crippen LogP contribution in [0.4, 0.5) is 0 Å². The number of nitrogens with zero attached hydrogens (tertiary/aromatic N) is 1. The first-order valence-electron chi connectivity index (χ1n) is 4.83. The average molecular weight is 214 g/mol. The lowest BCUT2D eigenvalue weighted by atomic mass is 10.0. The number of carboxylic acid groups (broad SMARTS) is 1. The van der Waals surface area contributed by atoms with E-state index in [0.29, 0.717) is 13.0 Å². The zero-order chi connectivity index (χ0) is 11.4. The summed E-state index contributed by atoms with van der Waals surface area (Å²) < 4.78 is 0. The summed E-state index contributed by atoms with van der Waals surface area (Å²) in [4.78, 5) is 34.6. The third-order valence-electron chi connectivity index (χ3n) is 2.47. The van der Waals surface area contributed by atoms with Crippen LogP contribution in [-0.2, 0) is 14.4 Å². The second-order valence-corrected chi connectivity index (χ2v) is 3.43. The predicted octanol–water partition coefficient (Wildman–Crippen LogP) is -0.802. The van der Waals surface area contributed by atoms with E-state index in [0.717, 1.165) is 17.7 Å². The molecule has 15 heavy (non-hydrogen) atoms. The van der Waals surface area contributed by atoms with Crippen LogP contribution in [0.5, 0.6) is 0 Å². The lowest BCUT2D eigenvalue weighted by molar-refractivity contribution is -0.156. The summed E-state index contributed by atoms with van der Waals surface area (Å²) in [5.41, 5.74) is 0. The number of amides is 2. The molecule has 0 radical (unpaired) electrons. The number of hydrogen-bond donors (Lipinski definition) is 2. The van der Waals surface area contributed by atoms with Gasteiger partial charge < -0.3 is 15.3 Å². The molecule has 1 atom stereocenters. The van der Waals surface area contributed by atoms with Crippen molar-refractivity contribution in [3.05, 3.63) is 0 Å². The summed E-state index contributed by atoms with van der Waals surface area (Å²) >= 11 is 0. The Morgan fingerprint density at radius 3 is 2.53 bits per heavy atom. The van der Waals surface area contributed by atoms with E-state index in [1.807, 2.05) is 0 Å². The molecule has 0 saturated carbocycles. The number of carbonyl (C=O) groups excluding carboxylic acids is 2. The summed E-state index contributed by atoms with van der Waals surface area (Å²) in [5, 5.41) is 11.1. The monoisotopic (exact) mass is 214 g/mol. The SMILES string of the molecule is CNC(=O)C(=O)N1CCCCC1C(=O)O. The first-order valence-corrected chi connectivity index (χ1v) is 4.83. The minimum absolute atomic E-state index is 0.337. The standard InChI is InChI=1S/C9H14N2O4/c1-10-7(12)8(13)11-5-3-2-4-6(11)9(14)15/h6H,2-5H2,1H3,(H,10,12)(H,14,15). The summed E-state index contributed by atoms with van der Waals surface area (Å²) in [7, 11) is 1.35. The quantitative estimate of drug-likeness (QED) is 0.559. The van der Waals surface area contributed by atoms with Crippen LogP contribution < -0.4 is 5.32 Å². The Hall–Kier alpha value is -1.59. The predicted molar refractivity (Wildman–Crippen MR) is 51.1 cm³/mol. The molecule has 2 N–H and O–H groups in total. The Morgan fingerprint density at radius 1 is 1.33 bits per heavy atom. The van der Waals surface area contributed by atoms with Gasteiger partial charge in [0.15, 0.2) is 0 Å². The maximum Gasteiger partial charge on any atom is 0.326 e. The van der Waals surface area contributed by atoms with Crippen LogP contribution in [0.25, 0.3) is 0 Å². The number of hydrogen-bond acceptors (Lipinski definition) is 3. The van der Waals surface area contributed by atoms with E-state index < -0.39 is 23.8 Å². The minimum Gasteiger partial charge on any atom is -0.480 e. The van der Waals surface area contributed by atoms with Crippen molar-refractivity contribution in [3.8, 4) is 0 Å². The van der Waals surface area contributed by atoms with Crippen LogP contribution in [0, 0.1) is 0 Å². The fourth-order valence-corrected chi connectivity index (χ4v) is 1.67. The molecule has 1 saturated heterocycles. The number of nitrogens with one attached hydrogen (secondary N) is 1. The fraction of sp³-hybridized carbons (Fsp3) is 0.667. The molecule has 84 valence electrons. The van der Waals surface area contributed by atoms with Gasteiger partial charge in [-0.3, -0.25) is 9.59 Å². The lowest BCUT2D eigenvalue weighted by Gasteiger charge is -2.32. The normalized spacial score (nSPS) is 20.9. The van der Waals surface area contributed by atoms with E-state index in [2.05, 4.69) is 5.32 Å². The molecular weight excluding hydrogens is 200 g/mol. The molecule has 6 nitrogen and oxygen atoms in total. The second-order valence-electron chi connectivity index (χ2n) is 3.43. The van der Waals surface area contributed by atoms with Crippen molar-refractivity contribution < 1.29 is 19.5 Å². The van der Waals surface area contributed by atoms with Gasteiger partial charge in [0.1, 0.15) is 6.04 Å². The molecule has 0 aromatic heterocycles. The van der Waals surface area contributed by atoms with E-state index in [1.165, 1.54) is 7.05 Å². The van der Waals surface area contributed by atoms with E-state index in [-0.39, 0.29) is 0 Å². The topological polar surface area (TPSA) is 86.7 Å². The van der Waals surface area contributed by atoms with Crippen molar-refractivity contribution >= 4 is 17.8 Å². The van der Waals surface area contributed by atoms with E-state index in [4.69, 9.17) is 5.11 Å². The molecule has 1 rings (SSSR count). The molecule has 0 aliphatic carbocycles. The van der Waals surface area contributed by atoms with Gasteiger partial charge in [0.05, 0.1) is 0 Å². The van der Waals surface area contributed by atoms with Crippen molar-refractivity contribution in [2.24, 2.45) is 0 Å². The van der Waals surface area contributed by atoms with Crippen LogP contribution in [0.1, 0.15) is 19.3 Å². The molecule has 1 fully saturated rings. The molecule has 2 amide bonds. The molecule has 0 spiro atoms. The number of carbonyl (C=O) groups is 3. The third-order valence-corrected chi connectivity index (χ3v) is 2.47. The molecule has 1 heterocycles. The molecule has 0 bridgehead atoms. The van der Waals surface area contributed by atoms with E-state index >= 15 is 0 Å². The van der Waals surface area contributed by atoms with Gasteiger partial charge in [0.25, 0.3) is 0 Å². The second kappa shape index (κ2) is 4.77. The number of piperidine rings is 1. The highest BCUT2D eigenvalue weighted by atomic mass is 16.4. The van der Waals surface area contributed by atoms with Gasteiger partial charge in [0.2, 0.25) is 0 Å². The minimum atomic E-state index is -1.05. The molecule has 1 aliphatic rings. The van der Waals surface area contributed by atoms with Gasteiger partial charge in [-0.25, -0.2) is 4.79 Å². The lowest BCUT2D eigenvalue weighted by Crippen LogP contribution is -2.52. The van der Waals surface area contributed by atoms with Crippen LogP contribution in [0.2, 0.25) is 0 Å². The largest absolute Gasteiger partial charge is 0.480 e. The maximum absolute atomic E-state index is 11.5. The van der Waals surface area contributed by atoms with Crippen molar-refractivity contribution in [2.75, 3.05) is 13.6 Å². The highest BCUT2D eigenvalue weighted by Crippen LogP contribution is 2.17. The number of likely N-dealkylation sites (tertiary alicyclic amines) is 1. The van der Waals surface area contributed by atoms with Crippen LogP contribution in [0.15, 0.2) is 0 Å². The first kappa shape index (κ1) is 11.5. The Morgan fingerprint density at radius 2 is 2.00 bits per heavy atom. The Kier molecular flexibility index (Phi) is 3.65. The van der Waals surface area contributed by atoms with Crippen LogP contribution >= 0.6 is 0 Å². The zero-order valence-corrected chi connectivity index (χ0v) is 8.52. The Balaban J connectivity index is 2.76. The average Bonchev–Trinajstić information content (AvgIpc) is 2.27. The third kappa shape index (κ3) is 2.45. The maximum atomic E-state index is 11.5. The van der Waals surface area contributed by atoms with Crippen molar-refractivity contribution in [3.63, 3.8) is 0 Å². The summed E-state index contributed by atoms with van der Waals surface area (Å²) in [6.45, 7) is 0.337.